The van der Waals surface area contributed by atoms with Crippen LogP contribution in [0.2, 0.25) is 5.02 Å². The SMILES string of the molecule is C=C1CCC(NC(=O)CCc2cccc(Cl)c2)CC1. The van der Waals surface area contributed by atoms with Crippen molar-refractivity contribution in [2.24, 2.45) is 0 Å². The maximum Gasteiger partial charge on any atom is 0.220 e. The van der Waals surface area contributed by atoms with Crippen molar-refractivity contribution in [2.45, 2.75) is 44.6 Å². The maximum absolute atomic E-state index is 11.9. The van der Waals surface area contributed by atoms with Crippen LogP contribution in [-0.4, -0.2) is 11.9 Å². The van der Waals surface area contributed by atoms with Crippen molar-refractivity contribution in [3.05, 3.63) is 47.0 Å². The van der Waals surface area contributed by atoms with E-state index in [4.69, 9.17) is 11.6 Å². The first-order valence-corrected chi connectivity index (χ1v) is 7.22. The Morgan fingerprint density at radius 2 is 2.11 bits per heavy atom. The number of rotatable bonds is 4. The number of aryl methyl sites for hydroxylation is 1. The van der Waals surface area contributed by atoms with Crippen molar-refractivity contribution in [1.82, 2.24) is 5.32 Å². The molecule has 1 N–H and O–H groups in total. The molecule has 102 valence electrons. The van der Waals surface area contributed by atoms with Gasteiger partial charge in [0.15, 0.2) is 0 Å². The number of hydrogen-bond donors (Lipinski definition) is 1. The topological polar surface area (TPSA) is 29.1 Å². The Balaban J connectivity index is 1.74. The molecule has 0 atom stereocenters. The number of amides is 1. The molecule has 0 saturated heterocycles. The van der Waals surface area contributed by atoms with E-state index in [-0.39, 0.29) is 5.91 Å². The van der Waals surface area contributed by atoms with E-state index < -0.39 is 0 Å². The van der Waals surface area contributed by atoms with Gasteiger partial charge in [0.25, 0.3) is 0 Å². The summed E-state index contributed by atoms with van der Waals surface area (Å²) >= 11 is 5.92. The summed E-state index contributed by atoms with van der Waals surface area (Å²) in [4.78, 5) is 11.9. The molecule has 1 aliphatic carbocycles. The van der Waals surface area contributed by atoms with Crippen molar-refractivity contribution < 1.29 is 4.79 Å². The number of halogens is 1. The van der Waals surface area contributed by atoms with Gasteiger partial charge in [0.05, 0.1) is 0 Å². The summed E-state index contributed by atoms with van der Waals surface area (Å²) in [5.74, 6) is 0.137. The molecule has 0 spiro atoms. The molecule has 0 aliphatic heterocycles. The lowest BCUT2D eigenvalue weighted by Gasteiger charge is -2.24. The molecule has 3 heteroatoms. The van der Waals surface area contributed by atoms with Crippen molar-refractivity contribution in [1.29, 1.82) is 0 Å². The first kappa shape index (κ1) is 14.1. The average Bonchev–Trinajstić information content (AvgIpc) is 2.39. The second-order valence-corrected chi connectivity index (χ2v) is 5.66. The van der Waals surface area contributed by atoms with Crippen LogP contribution in [0.1, 0.15) is 37.7 Å². The first-order chi connectivity index (χ1) is 9.13. The van der Waals surface area contributed by atoms with Gasteiger partial charge >= 0.3 is 0 Å². The predicted molar refractivity (Wildman–Crippen MR) is 79.3 cm³/mol. The van der Waals surface area contributed by atoms with Crippen molar-refractivity contribution >= 4 is 17.5 Å². The van der Waals surface area contributed by atoms with E-state index in [9.17, 15) is 4.79 Å². The fourth-order valence-corrected chi connectivity index (χ4v) is 2.63. The third-order valence-electron chi connectivity index (χ3n) is 3.59. The van der Waals surface area contributed by atoms with Crippen LogP contribution in [0.25, 0.3) is 0 Å². The third kappa shape index (κ3) is 4.71. The van der Waals surface area contributed by atoms with Crippen LogP contribution in [0.15, 0.2) is 36.4 Å². The van der Waals surface area contributed by atoms with Gasteiger partial charge in [0, 0.05) is 17.5 Å². The lowest BCUT2D eigenvalue weighted by Crippen LogP contribution is -2.36. The van der Waals surface area contributed by atoms with Crippen LogP contribution in [0, 0.1) is 0 Å². The minimum Gasteiger partial charge on any atom is -0.353 e. The van der Waals surface area contributed by atoms with Gasteiger partial charge in [0.2, 0.25) is 5.91 Å². The molecule has 1 aromatic rings. The fourth-order valence-electron chi connectivity index (χ4n) is 2.42. The average molecular weight is 278 g/mol. The summed E-state index contributed by atoms with van der Waals surface area (Å²) < 4.78 is 0. The molecule has 1 fully saturated rings. The molecule has 1 aliphatic rings. The van der Waals surface area contributed by atoms with Gasteiger partial charge < -0.3 is 5.32 Å². The van der Waals surface area contributed by atoms with Gasteiger partial charge in [-0.05, 0) is 49.8 Å². The largest absolute Gasteiger partial charge is 0.353 e. The third-order valence-corrected chi connectivity index (χ3v) is 3.82. The first-order valence-electron chi connectivity index (χ1n) is 6.84. The summed E-state index contributed by atoms with van der Waals surface area (Å²) in [6.45, 7) is 3.99. The molecular weight excluding hydrogens is 258 g/mol. The van der Waals surface area contributed by atoms with Gasteiger partial charge in [-0.25, -0.2) is 0 Å². The minimum atomic E-state index is 0.137. The Hall–Kier alpha value is -1.28. The highest BCUT2D eigenvalue weighted by Gasteiger charge is 2.17. The zero-order valence-electron chi connectivity index (χ0n) is 11.1. The fraction of sp³-hybridized carbons (Fsp3) is 0.438. The second kappa shape index (κ2) is 6.76. The van der Waals surface area contributed by atoms with Crippen molar-refractivity contribution in [3.63, 3.8) is 0 Å². The summed E-state index contributed by atoms with van der Waals surface area (Å²) in [5.41, 5.74) is 2.42. The molecule has 2 nitrogen and oxygen atoms in total. The van der Waals surface area contributed by atoms with Gasteiger partial charge in [-0.2, -0.15) is 0 Å². The molecule has 1 aromatic carbocycles. The molecule has 0 aromatic heterocycles. The van der Waals surface area contributed by atoms with E-state index in [0.717, 1.165) is 42.7 Å². The summed E-state index contributed by atoms with van der Waals surface area (Å²) in [5, 5.41) is 3.84. The molecule has 0 heterocycles. The van der Waals surface area contributed by atoms with Crippen LogP contribution in [0.5, 0.6) is 0 Å². The Kier molecular flexibility index (Phi) is 5.03. The predicted octanol–water partition coefficient (Wildman–Crippen LogP) is 3.89. The van der Waals surface area contributed by atoms with Crippen LogP contribution in [0.4, 0.5) is 0 Å². The maximum atomic E-state index is 11.9. The molecule has 0 bridgehead atoms. The van der Waals surface area contributed by atoms with Gasteiger partial charge in [0.1, 0.15) is 0 Å². The Bertz CT molecular complexity index is 460. The monoisotopic (exact) mass is 277 g/mol. The Morgan fingerprint density at radius 3 is 2.79 bits per heavy atom. The molecule has 0 radical (unpaired) electrons. The number of nitrogens with one attached hydrogen (secondary N) is 1. The van der Waals surface area contributed by atoms with Crippen LogP contribution in [-0.2, 0) is 11.2 Å². The normalized spacial score (nSPS) is 16.4. The quantitative estimate of drug-likeness (QED) is 0.831. The van der Waals surface area contributed by atoms with E-state index in [1.165, 1.54) is 5.57 Å². The number of carbonyl (C=O) groups is 1. The molecule has 19 heavy (non-hydrogen) atoms. The molecule has 0 unspecified atom stereocenters. The smallest absolute Gasteiger partial charge is 0.220 e. The lowest BCUT2D eigenvalue weighted by molar-refractivity contribution is -0.121. The minimum absolute atomic E-state index is 0.137. The van der Waals surface area contributed by atoms with E-state index in [1.54, 1.807) is 0 Å². The zero-order chi connectivity index (χ0) is 13.7. The van der Waals surface area contributed by atoms with Gasteiger partial charge in [-0.3, -0.25) is 4.79 Å². The molecule has 1 amide bonds. The summed E-state index contributed by atoms with van der Waals surface area (Å²) in [6.07, 6.45) is 5.41. The van der Waals surface area contributed by atoms with Crippen molar-refractivity contribution in [3.8, 4) is 0 Å². The number of carbonyl (C=O) groups excluding carboxylic acids is 1. The molecule has 2 rings (SSSR count). The van der Waals surface area contributed by atoms with E-state index in [1.807, 2.05) is 24.3 Å². The summed E-state index contributed by atoms with van der Waals surface area (Å²) in [7, 11) is 0. The van der Waals surface area contributed by atoms with E-state index >= 15 is 0 Å². The van der Waals surface area contributed by atoms with Crippen molar-refractivity contribution in [2.75, 3.05) is 0 Å². The highest BCUT2D eigenvalue weighted by Crippen LogP contribution is 2.21. The standard InChI is InChI=1S/C16H20ClNO/c1-12-5-8-15(9-6-12)18-16(19)10-7-13-3-2-4-14(17)11-13/h2-4,11,15H,1,5-10H2,(H,18,19). The highest BCUT2D eigenvalue weighted by atomic mass is 35.5. The van der Waals surface area contributed by atoms with E-state index in [2.05, 4.69) is 11.9 Å². The van der Waals surface area contributed by atoms with Gasteiger partial charge in [-0.15, -0.1) is 0 Å². The zero-order valence-corrected chi connectivity index (χ0v) is 11.9. The summed E-state index contributed by atoms with van der Waals surface area (Å²) in [6, 6.07) is 8.02. The molecular formula is C16H20ClNO. The number of hydrogen-bond acceptors (Lipinski definition) is 1. The number of allylic oxidation sites excluding steroid dienone is 1. The van der Waals surface area contributed by atoms with Crippen LogP contribution >= 0.6 is 11.6 Å². The Labute approximate surface area is 119 Å². The second-order valence-electron chi connectivity index (χ2n) is 5.22. The van der Waals surface area contributed by atoms with Crippen LogP contribution in [0.3, 0.4) is 0 Å². The van der Waals surface area contributed by atoms with E-state index in [0.29, 0.717) is 12.5 Å². The van der Waals surface area contributed by atoms with Gasteiger partial charge in [-0.1, -0.05) is 35.9 Å². The lowest BCUT2D eigenvalue weighted by atomic mass is 9.92. The Morgan fingerprint density at radius 1 is 1.37 bits per heavy atom. The highest BCUT2D eigenvalue weighted by molar-refractivity contribution is 6.30. The van der Waals surface area contributed by atoms with Crippen LogP contribution < -0.4 is 5.32 Å². The number of benzene rings is 1. The molecule has 1 saturated carbocycles.